The van der Waals surface area contributed by atoms with Crippen LogP contribution in [-0.2, 0) is 42.0 Å². The molecule has 2 rings (SSSR count). The molecule has 2 aromatic rings. The van der Waals surface area contributed by atoms with E-state index in [9.17, 15) is 38.5 Å². The van der Waals surface area contributed by atoms with Crippen LogP contribution in [0, 0.1) is 10.8 Å². The largest absolute Gasteiger partial charge is 0.497 e. The first-order valence-electron chi connectivity index (χ1n) is 16.7. The Bertz CT molecular complexity index is 1760. The van der Waals surface area contributed by atoms with Crippen LogP contribution >= 0.6 is 15.6 Å². The highest BCUT2D eigenvalue weighted by Gasteiger charge is 2.51. The van der Waals surface area contributed by atoms with Gasteiger partial charge in [-0.15, -0.1) is 0 Å². The highest BCUT2D eigenvalue weighted by atomic mass is 31.2. The predicted octanol–water partition coefficient (Wildman–Crippen LogP) is 3.70. The van der Waals surface area contributed by atoms with Crippen molar-refractivity contribution in [3.05, 3.63) is 46.8 Å². The average Bonchev–Trinajstić information content (AvgIpc) is 3.41. The number of aliphatic carboxylic acids is 2. The molecule has 0 saturated carbocycles. The van der Waals surface area contributed by atoms with Gasteiger partial charge in [-0.3, -0.25) is 28.0 Å². The number of phosphoric ester groups is 2. The van der Waals surface area contributed by atoms with Gasteiger partial charge in [0.2, 0.25) is 0 Å². The minimum absolute atomic E-state index is 0.144. The van der Waals surface area contributed by atoms with Gasteiger partial charge in [-0.2, -0.15) is 0 Å². The lowest BCUT2D eigenvalue weighted by molar-refractivity contribution is -0.160. The number of hydrogen-bond donors (Lipinski definition) is 6. The Morgan fingerprint density at radius 2 is 1.16 bits per heavy atom. The second kappa shape index (κ2) is 19.5. The molecule has 2 unspecified atom stereocenters. The molecule has 0 fully saturated rings. The van der Waals surface area contributed by atoms with E-state index < -0.39 is 94.6 Å². The number of carbonyl (C=O) groups excluding carboxylic acids is 2. The number of amides is 1. The summed E-state index contributed by atoms with van der Waals surface area (Å²) >= 11 is 0. The Morgan fingerprint density at radius 3 is 1.51 bits per heavy atom. The lowest BCUT2D eigenvalue weighted by Gasteiger charge is -2.36. The van der Waals surface area contributed by atoms with E-state index in [4.69, 9.17) is 38.5 Å². The lowest BCUT2D eigenvalue weighted by atomic mass is 9.75. The Labute approximate surface area is 317 Å². The smallest absolute Gasteiger partial charge is 0.469 e. The zero-order valence-corrected chi connectivity index (χ0v) is 33.6. The van der Waals surface area contributed by atoms with Gasteiger partial charge in [-0.05, 0) is 71.7 Å². The predicted molar refractivity (Wildman–Crippen MR) is 192 cm³/mol. The van der Waals surface area contributed by atoms with Gasteiger partial charge in [-0.1, -0.05) is 0 Å². The fourth-order valence-electron chi connectivity index (χ4n) is 5.37. The molecule has 1 aromatic carbocycles. The SMILES string of the molecule is CCOC(=O)c1c(C(OCCCOP(=O)(O)O)C(C)(C)C(=O)O)c(C(OCCCOP(=O)(O)O)C(C)(C)C(=O)O)c(C(=O)N(C)C)n1-c1ccc(OC)cc1. The van der Waals surface area contributed by atoms with E-state index in [1.54, 1.807) is 0 Å². The first-order valence-corrected chi connectivity index (χ1v) is 19.8. The first-order chi connectivity index (χ1) is 25.3. The van der Waals surface area contributed by atoms with Crippen molar-refractivity contribution >= 4 is 39.5 Å². The van der Waals surface area contributed by atoms with E-state index in [2.05, 4.69) is 9.05 Å². The Hall–Kier alpha value is -3.68. The molecule has 0 aliphatic rings. The molecule has 1 heterocycles. The third kappa shape index (κ3) is 12.4. The molecule has 1 aromatic heterocycles. The number of nitrogens with zero attached hydrogens (tertiary/aromatic N) is 2. The number of hydrogen-bond acceptors (Lipinski definition) is 12. The summed E-state index contributed by atoms with van der Waals surface area (Å²) in [7, 11) is -5.61. The molecule has 22 heteroatoms. The molecule has 0 aliphatic carbocycles. The van der Waals surface area contributed by atoms with Crippen LogP contribution in [0.4, 0.5) is 0 Å². The fraction of sp³-hybridized carbons (Fsp3) is 0.576. The fourth-order valence-corrected chi connectivity index (χ4v) is 6.10. The summed E-state index contributed by atoms with van der Waals surface area (Å²) in [6, 6.07) is 5.99. The summed E-state index contributed by atoms with van der Waals surface area (Å²) in [5, 5.41) is 21.2. The van der Waals surface area contributed by atoms with Gasteiger partial charge in [0, 0.05) is 44.1 Å². The number of carboxylic acids is 2. The number of methoxy groups -OCH3 is 1. The summed E-state index contributed by atoms with van der Waals surface area (Å²) in [6.45, 7) is 4.39. The van der Waals surface area contributed by atoms with Gasteiger partial charge >= 0.3 is 33.6 Å². The maximum atomic E-state index is 14.5. The van der Waals surface area contributed by atoms with Crippen molar-refractivity contribution in [2.45, 2.75) is 59.7 Å². The van der Waals surface area contributed by atoms with Crippen LogP contribution in [0.2, 0.25) is 0 Å². The van der Waals surface area contributed by atoms with Crippen molar-refractivity contribution in [3.63, 3.8) is 0 Å². The molecule has 6 N–H and O–H groups in total. The van der Waals surface area contributed by atoms with Gasteiger partial charge in [0.1, 0.15) is 29.3 Å². The second-order valence-corrected chi connectivity index (χ2v) is 15.9. The summed E-state index contributed by atoms with van der Waals surface area (Å²) in [4.78, 5) is 92.6. The lowest BCUT2D eigenvalue weighted by Crippen LogP contribution is -2.38. The Balaban J connectivity index is 3.28. The van der Waals surface area contributed by atoms with Crippen molar-refractivity contribution in [2.75, 3.05) is 54.2 Å². The monoisotopic (exact) mass is 824 g/mol. The van der Waals surface area contributed by atoms with Gasteiger partial charge in [0.05, 0.1) is 37.8 Å². The number of phosphoric acid groups is 2. The van der Waals surface area contributed by atoms with E-state index in [1.165, 1.54) is 84.7 Å². The van der Waals surface area contributed by atoms with Crippen LogP contribution in [0.5, 0.6) is 5.75 Å². The number of ether oxygens (including phenoxy) is 4. The number of aromatic nitrogens is 1. The maximum Gasteiger partial charge on any atom is 0.469 e. The highest BCUT2D eigenvalue weighted by molar-refractivity contribution is 7.46. The molecule has 55 heavy (non-hydrogen) atoms. The molecule has 310 valence electrons. The highest BCUT2D eigenvalue weighted by Crippen LogP contribution is 2.50. The molecule has 0 aliphatic heterocycles. The normalized spacial score (nSPS) is 13.6. The zero-order valence-electron chi connectivity index (χ0n) is 31.8. The molecular formula is C33H50N2O18P2. The summed E-state index contributed by atoms with van der Waals surface area (Å²) in [6.07, 6.45) is -3.87. The Morgan fingerprint density at radius 1 is 0.745 bits per heavy atom. The van der Waals surface area contributed by atoms with Crippen LogP contribution in [0.15, 0.2) is 24.3 Å². The van der Waals surface area contributed by atoms with E-state index in [1.807, 2.05) is 0 Å². The quantitative estimate of drug-likeness (QED) is 0.0529. The minimum atomic E-state index is -4.89. The van der Waals surface area contributed by atoms with E-state index in [0.717, 1.165) is 4.90 Å². The molecule has 20 nitrogen and oxygen atoms in total. The average molecular weight is 825 g/mol. The Kier molecular flexibility index (Phi) is 16.8. The zero-order chi connectivity index (χ0) is 42.1. The standard InChI is InChI=1S/C33H50N2O18P2/c1-9-49-29(37)25-23(27(33(4,5)31(40)41)51-17-11-19-53-55(45,46)47)22(26(32(2,3)30(38)39)50-16-10-18-52-54(42,43)44)24(28(36)34(6)7)35(25)20-12-14-21(48-8)15-13-20/h12-15,26-27H,9-11,16-19H2,1-8H3,(H,38,39)(H,40,41)(H2,42,43,44)(H2,45,46,47). The molecule has 0 radical (unpaired) electrons. The van der Waals surface area contributed by atoms with E-state index in [-0.39, 0.29) is 42.0 Å². The molecule has 1 amide bonds. The third-order valence-electron chi connectivity index (χ3n) is 8.26. The third-order valence-corrected chi connectivity index (χ3v) is 9.30. The van der Waals surface area contributed by atoms with Crippen LogP contribution < -0.4 is 4.74 Å². The summed E-state index contributed by atoms with van der Waals surface area (Å²) in [5.74, 6) is -4.42. The van der Waals surface area contributed by atoms with Crippen molar-refractivity contribution in [2.24, 2.45) is 10.8 Å². The molecule has 2 atom stereocenters. The van der Waals surface area contributed by atoms with Gasteiger partial charge in [-0.25, -0.2) is 13.9 Å². The van der Waals surface area contributed by atoms with Crippen molar-refractivity contribution in [3.8, 4) is 11.4 Å². The van der Waals surface area contributed by atoms with Crippen molar-refractivity contribution in [1.29, 1.82) is 0 Å². The molecule has 0 bridgehead atoms. The number of carbonyl (C=O) groups is 4. The van der Waals surface area contributed by atoms with Gasteiger partial charge in [0.25, 0.3) is 5.91 Å². The van der Waals surface area contributed by atoms with Crippen LogP contribution in [0.3, 0.4) is 0 Å². The second-order valence-electron chi connectivity index (χ2n) is 13.4. The summed E-state index contributed by atoms with van der Waals surface area (Å²) < 4.78 is 55.9. The molecule has 0 saturated heterocycles. The van der Waals surface area contributed by atoms with Crippen LogP contribution in [-0.4, -0.2) is 117 Å². The molecular weight excluding hydrogens is 774 g/mol. The van der Waals surface area contributed by atoms with E-state index >= 15 is 0 Å². The van der Waals surface area contributed by atoms with Crippen LogP contribution in [0.1, 0.15) is 91.8 Å². The van der Waals surface area contributed by atoms with Crippen molar-refractivity contribution < 1.29 is 86.1 Å². The minimum Gasteiger partial charge on any atom is -0.497 e. The maximum absolute atomic E-state index is 14.5. The first kappa shape index (κ1) is 47.5. The summed E-state index contributed by atoms with van der Waals surface area (Å²) in [5.41, 5.74) is -5.23. The molecule has 0 spiro atoms. The van der Waals surface area contributed by atoms with E-state index in [0.29, 0.717) is 5.75 Å². The van der Waals surface area contributed by atoms with Gasteiger partial charge in [0.15, 0.2) is 0 Å². The number of rotatable bonds is 23. The topological polar surface area (TPSA) is 287 Å². The van der Waals surface area contributed by atoms with Crippen molar-refractivity contribution in [1.82, 2.24) is 9.47 Å². The number of carboxylic acid groups (broad SMARTS) is 2. The van der Waals surface area contributed by atoms with Crippen LogP contribution in [0.25, 0.3) is 5.69 Å². The number of benzene rings is 1. The van der Waals surface area contributed by atoms with Gasteiger partial charge < -0.3 is 53.6 Å². The number of esters is 1.